The number of hydrogen-bond acceptors (Lipinski definition) is 5. The molecule has 1 rings (SSSR count). The Hall–Kier alpha value is 0.668. The molecule has 0 saturated carbocycles. The zero-order chi connectivity index (χ0) is 15.7. The minimum atomic E-state index is -2.69. The SMILES string of the molecule is CCCCO[Si]1(C)O[Si](C)(C)O[Si](C)(C)O[Si](C)(C)O1. The number of hydrogen-bond donors (Lipinski definition) is 0. The van der Waals surface area contributed by atoms with Crippen molar-refractivity contribution in [2.24, 2.45) is 0 Å². The van der Waals surface area contributed by atoms with E-state index in [2.05, 4.69) is 20.0 Å². The van der Waals surface area contributed by atoms with E-state index in [0.717, 1.165) is 12.8 Å². The molecule has 0 spiro atoms. The van der Waals surface area contributed by atoms with Crippen molar-refractivity contribution in [1.82, 2.24) is 0 Å². The molecule has 0 aromatic rings. The summed E-state index contributed by atoms with van der Waals surface area (Å²) in [5, 5.41) is 0. The maximum atomic E-state index is 6.28. The van der Waals surface area contributed by atoms with Gasteiger partial charge in [-0.3, -0.25) is 0 Å². The van der Waals surface area contributed by atoms with E-state index in [9.17, 15) is 0 Å². The first-order valence-corrected chi connectivity index (χ1v) is 18.0. The Bertz CT molecular complexity index is 313. The molecule has 1 fully saturated rings. The Balaban J connectivity index is 2.90. The van der Waals surface area contributed by atoms with Gasteiger partial charge in [0, 0.05) is 13.2 Å². The summed E-state index contributed by atoms with van der Waals surface area (Å²) in [5.41, 5.74) is 0. The van der Waals surface area contributed by atoms with Crippen LogP contribution in [0.4, 0.5) is 0 Å². The molecule has 0 unspecified atom stereocenters. The van der Waals surface area contributed by atoms with Gasteiger partial charge in [-0.15, -0.1) is 0 Å². The highest BCUT2D eigenvalue weighted by Gasteiger charge is 2.54. The molecule has 1 aliphatic heterocycles. The average Bonchev–Trinajstić information content (AvgIpc) is 2.08. The third kappa shape index (κ3) is 6.20. The van der Waals surface area contributed by atoms with Crippen LogP contribution in [-0.2, 0) is 20.9 Å². The topological polar surface area (TPSA) is 46.2 Å². The fourth-order valence-corrected chi connectivity index (χ4v) is 22.4. The van der Waals surface area contributed by atoms with Gasteiger partial charge in [0.15, 0.2) is 0 Å². The molecule has 1 saturated heterocycles. The summed E-state index contributed by atoms with van der Waals surface area (Å²) in [7, 11) is -9.49. The lowest BCUT2D eigenvalue weighted by Gasteiger charge is -2.46. The van der Waals surface area contributed by atoms with Gasteiger partial charge in [-0.2, -0.15) is 0 Å². The zero-order valence-corrected chi connectivity index (χ0v) is 18.2. The summed E-state index contributed by atoms with van der Waals surface area (Å²) in [6, 6.07) is 0. The van der Waals surface area contributed by atoms with Crippen molar-refractivity contribution in [3.05, 3.63) is 0 Å². The molecule has 9 heteroatoms. The van der Waals surface area contributed by atoms with Gasteiger partial charge in [-0.05, 0) is 45.7 Å². The van der Waals surface area contributed by atoms with Crippen LogP contribution < -0.4 is 0 Å². The van der Waals surface area contributed by atoms with Gasteiger partial charge in [0.2, 0.25) is 0 Å². The van der Waals surface area contributed by atoms with Crippen LogP contribution in [0, 0.1) is 0 Å². The summed E-state index contributed by atoms with van der Waals surface area (Å²) in [6.45, 7) is 17.1. The molecule has 5 nitrogen and oxygen atoms in total. The quantitative estimate of drug-likeness (QED) is 0.570. The van der Waals surface area contributed by atoms with Crippen LogP contribution in [0.3, 0.4) is 0 Å². The highest BCUT2D eigenvalue weighted by Crippen LogP contribution is 2.31. The van der Waals surface area contributed by atoms with Crippen molar-refractivity contribution in [2.45, 2.75) is 65.6 Å². The van der Waals surface area contributed by atoms with Gasteiger partial charge >= 0.3 is 34.5 Å². The molecular weight excluding hydrogens is 324 g/mol. The normalized spacial score (nSPS) is 27.6. The molecule has 1 heterocycles. The molecule has 0 amide bonds. The molecule has 1 aliphatic rings. The fraction of sp³-hybridized carbons (Fsp3) is 1.00. The lowest BCUT2D eigenvalue weighted by Crippen LogP contribution is -2.66. The van der Waals surface area contributed by atoms with E-state index in [1.54, 1.807) is 0 Å². The molecule has 0 radical (unpaired) electrons. The van der Waals surface area contributed by atoms with Gasteiger partial charge < -0.3 is 20.9 Å². The van der Waals surface area contributed by atoms with E-state index in [0.29, 0.717) is 6.61 Å². The Morgan fingerprint density at radius 2 is 1.10 bits per heavy atom. The van der Waals surface area contributed by atoms with Gasteiger partial charge in [-0.25, -0.2) is 0 Å². The van der Waals surface area contributed by atoms with E-state index >= 15 is 0 Å². The Morgan fingerprint density at radius 3 is 1.50 bits per heavy atom. The predicted octanol–water partition coefficient (Wildman–Crippen LogP) is 3.56. The van der Waals surface area contributed by atoms with Crippen molar-refractivity contribution >= 4 is 34.5 Å². The second kappa shape index (κ2) is 6.42. The van der Waals surface area contributed by atoms with Crippen LogP contribution in [-0.4, -0.2) is 41.1 Å². The maximum Gasteiger partial charge on any atom is 0.479 e. The van der Waals surface area contributed by atoms with Crippen LogP contribution >= 0.6 is 0 Å². The summed E-state index contributed by atoms with van der Waals surface area (Å²) in [5.74, 6) is 0. The Morgan fingerprint density at radius 1 is 0.700 bits per heavy atom. The Kier molecular flexibility index (Phi) is 6.01. The summed E-state index contributed by atoms with van der Waals surface area (Å²) in [6.07, 6.45) is 2.11. The van der Waals surface area contributed by atoms with Gasteiger partial charge in [0.1, 0.15) is 0 Å². The second-order valence-corrected chi connectivity index (χ2v) is 20.4. The maximum absolute atomic E-state index is 6.28. The predicted molar refractivity (Wildman–Crippen MR) is 89.3 cm³/mol. The van der Waals surface area contributed by atoms with E-state index in [1.807, 2.05) is 32.7 Å². The molecule has 0 aromatic heterocycles. The fourth-order valence-electron chi connectivity index (χ4n) is 2.62. The van der Waals surface area contributed by atoms with Crippen LogP contribution in [0.25, 0.3) is 0 Å². The van der Waals surface area contributed by atoms with Crippen molar-refractivity contribution in [3.63, 3.8) is 0 Å². The van der Waals surface area contributed by atoms with E-state index < -0.39 is 34.5 Å². The van der Waals surface area contributed by atoms with Crippen LogP contribution in [0.15, 0.2) is 0 Å². The smallest absolute Gasteiger partial charge is 0.416 e. The summed E-state index contributed by atoms with van der Waals surface area (Å²) >= 11 is 0. The van der Waals surface area contributed by atoms with Crippen LogP contribution in [0.5, 0.6) is 0 Å². The highest BCUT2D eigenvalue weighted by molar-refractivity contribution is 6.91. The van der Waals surface area contributed by atoms with Crippen molar-refractivity contribution in [1.29, 1.82) is 0 Å². The molecule has 120 valence electrons. The second-order valence-electron chi connectivity index (χ2n) is 6.67. The molecule has 0 aliphatic carbocycles. The number of rotatable bonds is 4. The molecule has 0 N–H and O–H groups in total. The first kappa shape index (κ1) is 18.7. The molecule has 20 heavy (non-hydrogen) atoms. The van der Waals surface area contributed by atoms with Crippen molar-refractivity contribution < 1.29 is 20.9 Å². The Labute approximate surface area is 128 Å². The standard InChI is InChI=1S/C11H30O5Si4/c1-9-10-11-12-20(8)15-18(4,5)13-17(2,3)14-19(6,7)16-20/h9-11H2,1-8H3. The molecular formula is C11H30O5Si4. The molecule has 0 aromatic carbocycles. The lowest BCUT2D eigenvalue weighted by atomic mass is 10.4. The lowest BCUT2D eigenvalue weighted by molar-refractivity contribution is 0.127. The van der Waals surface area contributed by atoms with Crippen molar-refractivity contribution in [2.75, 3.05) is 6.61 Å². The van der Waals surface area contributed by atoms with Crippen LogP contribution in [0.2, 0.25) is 45.8 Å². The van der Waals surface area contributed by atoms with Gasteiger partial charge in [-0.1, -0.05) is 13.3 Å². The third-order valence-corrected chi connectivity index (χ3v) is 18.2. The van der Waals surface area contributed by atoms with Gasteiger partial charge in [0.25, 0.3) is 0 Å². The third-order valence-electron chi connectivity index (χ3n) is 2.71. The molecule has 0 atom stereocenters. The number of unbranched alkanes of at least 4 members (excludes halogenated alkanes) is 1. The van der Waals surface area contributed by atoms with E-state index in [4.69, 9.17) is 20.9 Å². The monoisotopic (exact) mass is 354 g/mol. The minimum absolute atomic E-state index is 0.676. The van der Waals surface area contributed by atoms with Crippen molar-refractivity contribution in [3.8, 4) is 0 Å². The van der Waals surface area contributed by atoms with E-state index in [-0.39, 0.29) is 0 Å². The average molecular weight is 355 g/mol. The van der Waals surface area contributed by atoms with Crippen LogP contribution in [0.1, 0.15) is 19.8 Å². The first-order valence-electron chi connectivity index (χ1n) is 7.33. The first-order chi connectivity index (χ1) is 8.89. The van der Waals surface area contributed by atoms with E-state index in [1.165, 1.54) is 0 Å². The zero-order valence-electron chi connectivity index (χ0n) is 14.2. The summed E-state index contributed by atoms with van der Waals surface area (Å²) < 4.78 is 31.1. The minimum Gasteiger partial charge on any atom is -0.416 e. The highest BCUT2D eigenvalue weighted by atomic mass is 28.5. The largest absolute Gasteiger partial charge is 0.479 e. The summed E-state index contributed by atoms with van der Waals surface area (Å²) in [4.78, 5) is 0. The molecule has 0 bridgehead atoms. The van der Waals surface area contributed by atoms with Gasteiger partial charge in [0.05, 0.1) is 0 Å².